The van der Waals surface area contributed by atoms with Gasteiger partial charge < -0.3 is 9.64 Å². The second-order valence-electron chi connectivity index (χ2n) is 6.24. The molecule has 132 valence electrons. The molecule has 0 saturated carbocycles. The number of carbonyl (C=O) groups is 1. The minimum absolute atomic E-state index is 0.0467. The van der Waals surface area contributed by atoms with Crippen LogP contribution in [0.25, 0.3) is 0 Å². The normalized spacial score (nSPS) is 17.6. The molecule has 4 nitrogen and oxygen atoms in total. The lowest BCUT2D eigenvalue weighted by Gasteiger charge is -2.33. The number of ether oxygens (including phenoxy) is 1. The zero-order valence-corrected chi connectivity index (χ0v) is 14.8. The van der Waals surface area contributed by atoms with E-state index < -0.39 is 5.82 Å². The van der Waals surface area contributed by atoms with Gasteiger partial charge in [-0.05, 0) is 43.0 Å². The highest BCUT2D eigenvalue weighted by atomic mass is 35.5. The van der Waals surface area contributed by atoms with E-state index in [0.29, 0.717) is 25.3 Å². The number of benzene rings is 1. The average Bonchev–Trinajstić information content (AvgIpc) is 2.64. The van der Waals surface area contributed by atoms with Crippen molar-refractivity contribution in [3.63, 3.8) is 0 Å². The van der Waals surface area contributed by atoms with Crippen molar-refractivity contribution in [1.82, 2.24) is 9.88 Å². The monoisotopic (exact) mass is 362 g/mol. The molecule has 0 bridgehead atoms. The Morgan fingerprint density at radius 3 is 3.04 bits per heavy atom. The molecule has 0 radical (unpaired) electrons. The van der Waals surface area contributed by atoms with Crippen LogP contribution in [-0.2, 0) is 11.3 Å². The molecule has 0 aliphatic carbocycles. The van der Waals surface area contributed by atoms with Gasteiger partial charge in [0.05, 0.1) is 23.3 Å². The first-order chi connectivity index (χ1) is 12.1. The van der Waals surface area contributed by atoms with Crippen LogP contribution in [-0.4, -0.2) is 35.0 Å². The molecule has 0 N–H and O–H groups in total. The standard InChI is InChI=1S/C19H20ClFN2O2/c1-13-6-7-16(21)17(18(13)20)19(24)23-9-3-5-15(11-23)25-12-14-4-2-8-22-10-14/h2,4,6-8,10,15H,3,5,9,11-12H2,1H3/t15-/m0/s1. The van der Waals surface area contributed by atoms with E-state index >= 15 is 0 Å². The van der Waals surface area contributed by atoms with Crippen molar-refractivity contribution in [3.8, 4) is 0 Å². The van der Waals surface area contributed by atoms with Gasteiger partial charge in [0.1, 0.15) is 5.82 Å². The van der Waals surface area contributed by atoms with E-state index in [4.69, 9.17) is 16.3 Å². The lowest BCUT2D eigenvalue weighted by Crippen LogP contribution is -2.43. The summed E-state index contributed by atoms with van der Waals surface area (Å²) in [6.45, 7) is 3.22. The summed E-state index contributed by atoms with van der Waals surface area (Å²) in [5, 5.41) is 0.184. The fourth-order valence-corrected chi connectivity index (χ4v) is 3.20. The molecule has 3 rings (SSSR count). The van der Waals surface area contributed by atoms with Crippen molar-refractivity contribution in [2.24, 2.45) is 0 Å². The molecular weight excluding hydrogens is 343 g/mol. The third-order valence-corrected chi connectivity index (χ3v) is 4.86. The van der Waals surface area contributed by atoms with Gasteiger partial charge in [-0.15, -0.1) is 0 Å². The minimum Gasteiger partial charge on any atom is -0.372 e. The maximum atomic E-state index is 14.1. The first kappa shape index (κ1) is 17.8. The Labute approximate surface area is 151 Å². The number of pyridine rings is 1. The van der Waals surface area contributed by atoms with E-state index in [1.807, 2.05) is 12.1 Å². The summed E-state index contributed by atoms with van der Waals surface area (Å²) in [6.07, 6.45) is 5.07. The average molecular weight is 363 g/mol. The van der Waals surface area contributed by atoms with Crippen molar-refractivity contribution in [2.45, 2.75) is 32.5 Å². The van der Waals surface area contributed by atoms with E-state index in [1.54, 1.807) is 30.3 Å². The van der Waals surface area contributed by atoms with E-state index in [-0.39, 0.29) is 22.6 Å². The van der Waals surface area contributed by atoms with Crippen LogP contribution in [0.15, 0.2) is 36.7 Å². The SMILES string of the molecule is Cc1ccc(F)c(C(=O)N2CCC[C@H](OCc3cccnc3)C2)c1Cl. The summed E-state index contributed by atoms with van der Waals surface area (Å²) in [4.78, 5) is 18.4. The van der Waals surface area contributed by atoms with Gasteiger partial charge in [-0.1, -0.05) is 23.7 Å². The van der Waals surface area contributed by atoms with E-state index in [0.717, 1.165) is 18.4 Å². The quantitative estimate of drug-likeness (QED) is 0.825. The Morgan fingerprint density at radius 1 is 1.44 bits per heavy atom. The molecule has 0 spiro atoms. The van der Waals surface area contributed by atoms with Crippen molar-refractivity contribution in [1.29, 1.82) is 0 Å². The number of rotatable bonds is 4. The minimum atomic E-state index is -0.584. The molecule has 6 heteroatoms. The van der Waals surface area contributed by atoms with E-state index in [1.165, 1.54) is 6.07 Å². The zero-order valence-electron chi connectivity index (χ0n) is 14.0. The molecule has 1 atom stereocenters. The van der Waals surface area contributed by atoms with Gasteiger partial charge in [0.15, 0.2) is 0 Å². The highest BCUT2D eigenvalue weighted by Crippen LogP contribution is 2.26. The number of likely N-dealkylation sites (tertiary alicyclic amines) is 1. The predicted octanol–water partition coefficient (Wildman–Crippen LogP) is 4.00. The number of aryl methyl sites for hydroxylation is 1. The molecule has 0 unspecified atom stereocenters. The summed E-state index contributed by atoms with van der Waals surface area (Å²) in [5.41, 5.74) is 1.63. The smallest absolute Gasteiger partial charge is 0.258 e. The number of nitrogens with zero attached hydrogens (tertiary/aromatic N) is 2. The van der Waals surface area contributed by atoms with Crippen LogP contribution in [0.1, 0.15) is 34.3 Å². The summed E-state index contributed by atoms with van der Waals surface area (Å²) >= 11 is 6.16. The number of amides is 1. The fraction of sp³-hybridized carbons (Fsp3) is 0.368. The van der Waals surface area contributed by atoms with Crippen LogP contribution in [0, 0.1) is 12.7 Å². The molecule has 1 aliphatic heterocycles. The second-order valence-corrected chi connectivity index (χ2v) is 6.62. The van der Waals surface area contributed by atoms with Gasteiger partial charge in [-0.2, -0.15) is 0 Å². The topological polar surface area (TPSA) is 42.4 Å². The number of carbonyl (C=O) groups excluding carboxylic acids is 1. The molecule has 2 aromatic rings. The van der Waals surface area contributed by atoms with Crippen molar-refractivity contribution < 1.29 is 13.9 Å². The Bertz CT molecular complexity index is 755. The third-order valence-electron chi connectivity index (χ3n) is 4.37. The number of piperidine rings is 1. The molecular formula is C19H20ClFN2O2. The second kappa shape index (κ2) is 7.93. The van der Waals surface area contributed by atoms with Crippen LogP contribution < -0.4 is 0 Å². The highest BCUT2D eigenvalue weighted by Gasteiger charge is 2.28. The summed E-state index contributed by atoms with van der Waals surface area (Å²) in [7, 11) is 0. The Balaban J connectivity index is 1.67. The van der Waals surface area contributed by atoms with E-state index in [9.17, 15) is 9.18 Å². The molecule has 1 amide bonds. The van der Waals surface area contributed by atoms with Crippen LogP contribution in [0.5, 0.6) is 0 Å². The zero-order chi connectivity index (χ0) is 17.8. The lowest BCUT2D eigenvalue weighted by atomic mass is 10.0. The highest BCUT2D eigenvalue weighted by molar-refractivity contribution is 6.34. The third kappa shape index (κ3) is 4.17. The van der Waals surface area contributed by atoms with Gasteiger partial charge in [-0.25, -0.2) is 4.39 Å². The first-order valence-corrected chi connectivity index (χ1v) is 8.68. The molecule has 2 heterocycles. The van der Waals surface area contributed by atoms with Crippen molar-refractivity contribution >= 4 is 17.5 Å². The number of hydrogen-bond acceptors (Lipinski definition) is 3. The van der Waals surface area contributed by atoms with Gasteiger partial charge in [0, 0.05) is 25.5 Å². The lowest BCUT2D eigenvalue weighted by molar-refractivity contribution is -0.00693. The predicted molar refractivity (Wildman–Crippen MR) is 94.1 cm³/mol. The van der Waals surface area contributed by atoms with Crippen LogP contribution in [0.3, 0.4) is 0 Å². The summed E-state index contributed by atoms with van der Waals surface area (Å²) in [5.74, 6) is -0.958. The van der Waals surface area contributed by atoms with Crippen molar-refractivity contribution in [2.75, 3.05) is 13.1 Å². The summed E-state index contributed by atoms with van der Waals surface area (Å²) in [6, 6.07) is 6.66. The maximum Gasteiger partial charge on any atom is 0.258 e. The molecule has 25 heavy (non-hydrogen) atoms. The number of hydrogen-bond donors (Lipinski definition) is 0. The molecule has 1 fully saturated rings. The largest absolute Gasteiger partial charge is 0.372 e. The molecule has 1 saturated heterocycles. The van der Waals surface area contributed by atoms with Crippen LogP contribution in [0.2, 0.25) is 5.02 Å². The number of halogens is 2. The Kier molecular flexibility index (Phi) is 5.66. The molecule has 1 aromatic carbocycles. The van der Waals surface area contributed by atoms with Gasteiger partial charge in [-0.3, -0.25) is 9.78 Å². The van der Waals surface area contributed by atoms with Gasteiger partial charge in [0.25, 0.3) is 5.91 Å². The van der Waals surface area contributed by atoms with Gasteiger partial charge in [0.2, 0.25) is 0 Å². The molecule has 1 aromatic heterocycles. The Hall–Kier alpha value is -1.98. The summed E-state index contributed by atoms with van der Waals surface area (Å²) < 4.78 is 20.0. The number of aromatic nitrogens is 1. The molecule has 1 aliphatic rings. The van der Waals surface area contributed by atoms with Crippen molar-refractivity contribution in [3.05, 3.63) is 64.2 Å². The first-order valence-electron chi connectivity index (χ1n) is 8.30. The van der Waals surface area contributed by atoms with Gasteiger partial charge >= 0.3 is 0 Å². The fourth-order valence-electron chi connectivity index (χ4n) is 2.97. The van der Waals surface area contributed by atoms with Crippen LogP contribution >= 0.6 is 11.6 Å². The van der Waals surface area contributed by atoms with E-state index in [2.05, 4.69) is 4.98 Å². The Morgan fingerprint density at radius 2 is 2.28 bits per heavy atom. The maximum absolute atomic E-state index is 14.1. The van der Waals surface area contributed by atoms with Crippen LogP contribution in [0.4, 0.5) is 4.39 Å².